The quantitative estimate of drug-likeness (QED) is 0.0938. The number of likely N-dealkylation sites (tertiary alicyclic amines) is 2. The van der Waals surface area contributed by atoms with Gasteiger partial charge < -0.3 is 30.2 Å². The van der Waals surface area contributed by atoms with Crippen molar-refractivity contribution < 1.29 is 19.1 Å². The molecule has 2 saturated heterocycles. The highest BCUT2D eigenvalue weighted by atomic mass is 16.6. The number of benzene rings is 4. The number of rotatable bonds is 15. The van der Waals surface area contributed by atoms with Crippen molar-refractivity contribution in [3.8, 4) is 33.6 Å². The molecule has 0 bridgehead atoms. The Kier molecular flexibility index (Phi) is 12.7. The summed E-state index contributed by atoms with van der Waals surface area (Å²) in [6.45, 7) is 7.12. The molecule has 8 rings (SSSR count). The van der Waals surface area contributed by atoms with Crippen LogP contribution in [0.5, 0.6) is 0 Å². The predicted octanol–water partition coefficient (Wildman–Crippen LogP) is 8.64. The van der Waals surface area contributed by atoms with Crippen molar-refractivity contribution in [3.63, 3.8) is 0 Å². The number of carbonyl (C=O) groups is 3. The van der Waals surface area contributed by atoms with Crippen molar-refractivity contribution in [2.75, 3.05) is 26.2 Å². The fourth-order valence-electron chi connectivity index (χ4n) is 9.05. The van der Waals surface area contributed by atoms with Crippen LogP contribution in [-0.4, -0.2) is 84.8 Å². The highest BCUT2D eigenvalue weighted by Gasteiger charge is 2.38. The molecule has 0 saturated carbocycles. The first-order valence-electron chi connectivity index (χ1n) is 21.5. The van der Waals surface area contributed by atoms with E-state index in [0.717, 1.165) is 95.2 Å². The largest absolute Gasteiger partial charge is 0.445 e. The van der Waals surface area contributed by atoms with Gasteiger partial charge >= 0.3 is 6.09 Å². The maximum atomic E-state index is 14.2. The third kappa shape index (κ3) is 9.29. The average Bonchev–Trinajstić information content (AvgIpc) is 4.13. The number of nitrogens with zero attached hydrogens (tertiary/aromatic N) is 5. The Morgan fingerprint density at radius 1 is 0.705 bits per heavy atom. The van der Waals surface area contributed by atoms with Crippen LogP contribution >= 0.6 is 0 Å². The number of ether oxygens (including phenoxy) is 1. The van der Waals surface area contributed by atoms with E-state index in [4.69, 9.17) is 20.4 Å². The summed E-state index contributed by atoms with van der Waals surface area (Å²) in [5.74, 6) is 1.59. The van der Waals surface area contributed by atoms with Gasteiger partial charge in [0.1, 0.15) is 23.8 Å². The van der Waals surface area contributed by atoms with Crippen LogP contribution in [0, 0.1) is 0 Å². The first-order chi connectivity index (χ1) is 29.8. The molecule has 12 heteroatoms. The van der Waals surface area contributed by atoms with Crippen molar-refractivity contribution in [2.24, 2.45) is 5.73 Å². The molecule has 3 amide bonds. The Hall–Kier alpha value is -6.53. The topological polar surface area (TPSA) is 154 Å². The molecule has 0 radical (unpaired) electrons. The minimum atomic E-state index is -0.889. The lowest BCUT2D eigenvalue weighted by molar-refractivity contribution is -0.138. The Bertz CT molecular complexity index is 2390. The highest BCUT2D eigenvalue weighted by Crippen LogP contribution is 2.37. The number of primary amides is 1. The van der Waals surface area contributed by atoms with E-state index in [1.54, 1.807) is 0 Å². The van der Waals surface area contributed by atoms with E-state index in [1.165, 1.54) is 0 Å². The first kappa shape index (κ1) is 41.2. The van der Waals surface area contributed by atoms with Gasteiger partial charge in [-0.25, -0.2) is 14.8 Å². The first-order valence-corrected chi connectivity index (χ1v) is 21.5. The standard InChI is InChI=1S/C49H54N8O4/c1-3-55(4-2)45(38-15-9-6-10-16-38)48(59)57-28-12-18-43(57)47-52-32-41(54-47)37-25-21-35(22-26-37)34-19-23-36(24-20-34)40-31-51-46(53-40)42-17-11-27-56(42)44(58)30-39(61-49(50)60)29-33-13-7-5-8-14-33/h5-10,13-16,19-26,31-32,39,42-43,45H,3-4,11-12,17-18,27-30H2,1-2H3,(H2,50,60)(H,51,53)(H,52,54)/t39-,42-,43-,45+/m0/s1. The summed E-state index contributed by atoms with van der Waals surface area (Å²) in [4.78, 5) is 62.1. The second-order valence-corrected chi connectivity index (χ2v) is 15.9. The normalized spacial score (nSPS) is 17.4. The highest BCUT2D eigenvalue weighted by molar-refractivity contribution is 5.84. The molecule has 4 atom stereocenters. The van der Waals surface area contributed by atoms with Gasteiger partial charge in [-0.3, -0.25) is 14.5 Å². The Morgan fingerprint density at radius 2 is 1.20 bits per heavy atom. The molecule has 2 aromatic heterocycles. The van der Waals surface area contributed by atoms with E-state index in [9.17, 15) is 14.4 Å². The van der Waals surface area contributed by atoms with Gasteiger partial charge in [-0.1, -0.05) is 123 Å². The Labute approximate surface area is 357 Å². The van der Waals surface area contributed by atoms with E-state index in [-0.39, 0.29) is 36.4 Å². The van der Waals surface area contributed by atoms with Gasteiger partial charge in [0.25, 0.3) is 0 Å². The molecule has 0 aliphatic carbocycles. The zero-order valence-electron chi connectivity index (χ0n) is 34.9. The molecule has 4 N–H and O–H groups in total. The molecule has 2 aliphatic heterocycles. The zero-order valence-corrected chi connectivity index (χ0v) is 34.9. The summed E-state index contributed by atoms with van der Waals surface area (Å²) >= 11 is 0. The molecule has 12 nitrogen and oxygen atoms in total. The van der Waals surface area contributed by atoms with Crippen molar-refractivity contribution in [2.45, 2.75) is 76.6 Å². The fourth-order valence-corrected chi connectivity index (χ4v) is 9.05. The maximum absolute atomic E-state index is 14.2. The van der Waals surface area contributed by atoms with Crippen LogP contribution in [0.25, 0.3) is 33.6 Å². The zero-order chi connectivity index (χ0) is 42.3. The Balaban J connectivity index is 0.907. The summed E-state index contributed by atoms with van der Waals surface area (Å²) < 4.78 is 5.36. The third-order valence-electron chi connectivity index (χ3n) is 12.2. The minimum absolute atomic E-state index is 0.0436. The van der Waals surface area contributed by atoms with Gasteiger partial charge in [0, 0.05) is 19.5 Å². The van der Waals surface area contributed by atoms with Crippen LogP contribution in [-0.2, 0) is 20.7 Å². The average molecular weight is 819 g/mol. The lowest BCUT2D eigenvalue weighted by Crippen LogP contribution is -2.43. The van der Waals surface area contributed by atoms with E-state index in [1.807, 2.05) is 70.7 Å². The number of likely N-dealkylation sites (N-methyl/N-ethyl adjacent to an activating group) is 1. The number of nitrogens with one attached hydrogen (secondary N) is 2. The lowest BCUT2D eigenvalue weighted by atomic mass is 10.0. The van der Waals surface area contributed by atoms with Gasteiger partial charge in [0.2, 0.25) is 11.8 Å². The number of nitrogens with two attached hydrogens (primary N) is 1. The fraction of sp³-hybridized carbons (Fsp3) is 0.327. The van der Waals surface area contributed by atoms with Crippen molar-refractivity contribution in [1.82, 2.24) is 34.6 Å². The SMILES string of the molecule is CCN(CC)[C@@H](C(=O)N1CCC[C@H]1c1ncc(-c2ccc(-c3ccc(-c4cnc([C@@H]5CCCN5C(=O)C[C@H](Cc5ccccc5)OC(N)=O)[nH]4)cc3)cc2)[nH]1)c1ccccc1. The van der Waals surface area contributed by atoms with Crippen molar-refractivity contribution in [3.05, 3.63) is 144 Å². The predicted molar refractivity (Wildman–Crippen MR) is 236 cm³/mol. The lowest BCUT2D eigenvalue weighted by Gasteiger charge is -2.34. The van der Waals surface area contributed by atoms with Gasteiger partial charge in [0.05, 0.1) is 42.3 Å². The molecular formula is C49H54N8O4. The van der Waals surface area contributed by atoms with Gasteiger partial charge in [-0.15, -0.1) is 0 Å². The summed E-state index contributed by atoms with van der Waals surface area (Å²) in [6, 6.07) is 35.9. The van der Waals surface area contributed by atoms with Crippen LogP contribution in [0.1, 0.15) is 86.9 Å². The molecule has 4 aromatic carbocycles. The molecule has 4 heterocycles. The second kappa shape index (κ2) is 18.8. The number of carbonyl (C=O) groups excluding carboxylic acids is 3. The molecule has 314 valence electrons. The summed E-state index contributed by atoms with van der Waals surface area (Å²) in [5, 5.41) is 0. The number of amides is 3. The van der Waals surface area contributed by atoms with Gasteiger partial charge in [-0.05, 0) is 72.2 Å². The summed E-state index contributed by atoms with van der Waals surface area (Å²) in [5.41, 5.74) is 13.3. The van der Waals surface area contributed by atoms with E-state index in [0.29, 0.717) is 19.5 Å². The number of hydrogen-bond acceptors (Lipinski definition) is 7. The van der Waals surface area contributed by atoms with Crippen LogP contribution in [0.4, 0.5) is 4.79 Å². The maximum Gasteiger partial charge on any atom is 0.404 e. The van der Waals surface area contributed by atoms with Gasteiger partial charge in [-0.2, -0.15) is 0 Å². The van der Waals surface area contributed by atoms with Crippen LogP contribution in [0.2, 0.25) is 0 Å². The number of aromatic amines is 2. The van der Waals surface area contributed by atoms with Crippen molar-refractivity contribution >= 4 is 17.9 Å². The third-order valence-corrected chi connectivity index (χ3v) is 12.2. The number of H-pyrrole nitrogens is 2. The summed E-state index contributed by atoms with van der Waals surface area (Å²) in [7, 11) is 0. The molecule has 0 spiro atoms. The summed E-state index contributed by atoms with van der Waals surface area (Å²) in [6.07, 6.45) is 6.06. The monoisotopic (exact) mass is 818 g/mol. The van der Waals surface area contributed by atoms with Crippen LogP contribution < -0.4 is 5.73 Å². The number of aromatic nitrogens is 4. The van der Waals surface area contributed by atoms with E-state index >= 15 is 0 Å². The van der Waals surface area contributed by atoms with Gasteiger partial charge in [0.15, 0.2) is 0 Å². The van der Waals surface area contributed by atoms with E-state index < -0.39 is 12.2 Å². The molecule has 2 fully saturated rings. The molecule has 61 heavy (non-hydrogen) atoms. The number of hydrogen-bond donors (Lipinski definition) is 3. The minimum Gasteiger partial charge on any atom is -0.445 e. The second-order valence-electron chi connectivity index (χ2n) is 15.9. The molecule has 0 unspecified atom stereocenters. The van der Waals surface area contributed by atoms with Crippen LogP contribution in [0.15, 0.2) is 122 Å². The van der Waals surface area contributed by atoms with E-state index in [2.05, 4.69) is 89.4 Å². The smallest absolute Gasteiger partial charge is 0.404 e. The molecular weight excluding hydrogens is 765 g/mol. The van der Waals surface area contributed by atoms with Crippen LogP contribution in [0.3, 0.4) is 0 Å². The molecule has 6 aromatic rings. The number of imidazole rings is 2. The Morgan fingerprint density at radius 3 is 1.72 bits per heavy atom. The molecule has 2 aliphatic rings. The van der Waals surface area contributed by atoms with Crippen molar-refractivity contribution in [1.29, 1.82) is 0 Å².